The van der Waals surface area contributed by atoms with Gasteiger partial charge in [0.05, 0.1) is 21.7 Å². The van der Waals surface area contributed by atoms with E-state index in [1.165, 1.54) is 11.3 Å². The fourth-order valence-corrected chi connectivity index (χ4v) is 3.75. The van der Waals surface area contributed by atoms with Crippen LogP contribution in [-0.4, -0.2) is 40.0 Å². The van der Waals surface area contributed by atoms with Crippen LogP contribution in [0, 0.1) is 13.8 Å². The summed E-state index contributed by atoms with van der Waals surface area (Å²) in [4.78, 5) is 23.5. The molecule has 22 heavy (non-hydrogen) atoms. The van der Waals surface area contributed by atoms with Gasteiger partial charge in [-0.2, -0.15) is 0 Å². The lowest BCUT2D eigenvalue weighted by atomic mass is 10.3. The molecule has 1 unspecified atom stereocenters. The van der Waals surface area contributed by atoms with Crippen molar-refractivity contribution in [1.82, 2.24) is 14.9 Å². The summed E-state index contributed by atoms with van der Waals surface area (Å²) in [7, 11) is 0. The maximum Gasteiger partial charge on any atom is 0.265 e. The van der Waals surface area contributed by atoms with Crippen LogP contribution in [-0.2, 0) is 0 Å². The second-order valence-electron chi connectivity index (χ2n) is 5.23. The van der Waals surface area contributed by atoms with E-state index in [1.807, 2.05) is 24.8 Å². The van der Waals surface area contributed by atoms with E-state index < -0.39 is 0 Å². The van der Waals surface area contributed by atoms with Gasteiger partial charge in [0.2, 0.25) is 0 Å². The number of ether oxygens (including phenoxy) is 1. The first kappa shape index (κ1) is 15.4. The van der Waals surface area contributed by atoms with E-state index >= 15 is 0 Å². The Hall–Kier alpha value is -1.47. The van der Waals surface area contributed by atoms with Gasteiger partial charge in [-0.05, 0) is 35.8 Å². The second-order valence-corrected chi connectivity index (χ2v) is 7.29. The first-order valence-electron chi connectivity index (χ1n) is 7.04. The number of hydrogen-bond donors (Lipinski definition) is 0. The van der Waals surface area contributed by atoms with Gasteiger partial charge in [0.1, 0.15) is 16.7 Å². The van der Waals surface area contributed by atoms with E-state index in [9.17, 15) is 4.79 Å². The fraction of sp³-hybridized carbons (Fsp3) is 0.400. The number of nitrogens with zero attached hydrogens (tertiary/aromatic N) is 3. The normalized spacial score (nSPS) is 17.8. The Morgan fingerprint density at radius 1 is 1.50 bits per heavy atom. The minimum absolute atomic E-state index is 0.0111. The summed E-state index contributed by atoms with van der Waals surface area (Å²) in [5.41, 5.74) is 0.814. The zero-order valence-electron chi connectivity index (χ0n) is 12.4. The number of hydrogen-bond acceptors (Lipinski definition) is 5. The minimum Gasteiger partial charge on any atom is -0.487 e. The summed E-state index contributed by atoms with van der Waals surface area (Å²) in [5.74, 6) is 0.821. The van der Waals surface area contributed by atoms with Gasteiger partial charge in [0.15, 0.2) is 0 Å². The summed E-state index contributed by atoms with van der Waals surface area (Å²) in [6.07, 6.45) is 4.24. The van der Waals surface area contributed by atoms with E-state index in [0.29, 0.717) is 13.1 Å². The molecule has 116 valence electrons. The van der Waals surface area contributed by atoms with Crippen molar-refractivity contribution in [2.24, 2.45) is 0 Å². The Labute approximate surface area is 141 Å². The SMILES string of the molecule is Cc1nc(C)c(C(=O)N2CCC(Oc3ccncc3Br)C2)s1. The van der Waals surface area contributed by atoms with Gasteiger partial charge in [0.25, 0.3) is 5.91 Å². The number of pyridine rings is 1. The summed E-state index contributed by atoms with van der Waals surface area (Å²) in [5, 5.41) is 0.925. The Morgan fingerprint density at radius 2 is 2.32 bits per heavy atom. The highest BCUT2D eigenvalue weighted by Gasteiger charge is 2.30. The highest BCUT2D eigenvalue weighted by atomic mass is 79.9. The molecule has 0 N–H and O–H groups in total. The lowest BCUT2D eigenvalue weighted by Crippen LogP contribution is -2.30. The zero-order valence-corrected chi connectivity index (χ0v) is 14.8. The second kappa shape index (κ2) is 6.34. The number of aromatic nitrogens is 2. The van der Waals surface area contributed by atoms with E-state index in [0.717, 1.165) is 32.2 Å². The van der Waals surface area contributed by atoms with Crippen molar-refractivity contribution in [3.05, 3.63) is 38.5 Å². The molecule has 1 atom stereocenters. The minimum atomic E-state index is 0.0111. The third-order valence-electron chi connectivity index (χ3n) is 3.56. The molecule has 3 rings (SSSR count). The van der Waals surface area contributed by atoms with Crippen molar-refractivity contribution in [1.29, 1.82) is 0 Å². The van der Waals surface area contributed by atoms with Crippen LogP contribution >= 0.6 is 27.3 Å². The molecule has 0 radical (unpaired) electrons. The highest BCUT2D eigenvalue weighted by Crippen LogP contribution is 2.27. The van der Waals surface area contributed by atoms with Gasteiger partial charge in [-0.25, -0.2) is 4.98 Å². The number of aryl methyl sites for hydroxylation is 2. The Kier molecular flexibility index (Phi) is 4.44. The largest absolute Gasteiger partial charge is 0.487 e. The van der Waals surface area contributed by atoms with Crippen LogP contribution in [0.3, 0.4) is 0 Å². The number of carbonyl (C=O) groups is 1. The van der Waals surface area contributed by atoms with E-state index in [-0.39, 0.29) is 12.0 Å². The monoisotopic (exact) mass is 381 g/mol. The molecule has 0 aromatic carbocycles. The predicted molar refractivity (Wildman–Crippen MR) is 88.5 cm³/mol. The number of halogens is 1. The lowest BCUT2D eigenvalue weighted by Gasteiger charge is -2.17. The molecule has 2 aromatic rings. The number of likely N-dealkylation sites (tertiary alicyclic amines) is 1. The van der Waals surface area contributed by atoms with Gasteiger partial charge in [-0.1, -0.05) is 0 Å². The van der Waals surface area contributed by atoms with Crippen molar-refractivity contribution in [3.8, 4) is 5.75 Å². The first-order chi connectivity index (χ1) is 10.5. The molecule has 7 heteroatoms. The molecular weight excluding hydrogens is 366 g/mol. The standard InChI is InChI=1S/C15H16BrN3O2S/c1-9-14(22-10(2)18-9)15(20)19-6-4-11(8-19)21-13-3-5-17-7-12(13)16/h3,5,7,11H,4,6,8H2,1-2H3. The predicted octanol–water partition coefficient (Wildman–Crippen LogP) is 3.21. The van der Waals surface area contributed by atoms with Gasteiger partial charge < -0.3 is 9.64 Å². The smallest absolute Gasteiger partial charge is 0.265 e. The maximum absolute atomic E-state index is 12.6. The molecule has 0 aliphatic carbocycles. The summed E-state index contributed by atoms with van der Waals surface area (Å²) < 4.78 is 6.79. The van der Waals surface area contributed by atoms with Crippen LogP contribution in [0.1, 0.15) is 26.8 Å². The lowest BCUT2D eigenvalue weighted by molar-refractivity contribution is 0.0776. The van der Waals surface area contributed by atoms with Crippen molar-refractivity contribution in [2.75, 3.05) is 13.1 Å². The Balaban J connectivity index is 1.66. The molecule has 5 nitrogen and oxygen atoms in total. The average Bonchev–Trinajstić information content (AvgIpc) is 3.07. The number of thiazole rings is 1. The van der Waals surface area contributed by atoms with Crippen molar-refractivity contribution >= 4 is 33.2 Å². The Morgan fingerprint density at radius 3 is 3.00 bits per heavy atom. The zero-order chi connectivity index (χ0) is 15.7. The highest BCUT2D eigenvalue weighted by molar-refractivity contribution is 9.10. The maximum atomic E-state index is 12.6. The molecule has 2 aromatic heterocycles. The van der Waals surface area contributed by atoms with Gasteiger partial charge in [-0.15, -0.1) is 11.3 Å². The molecule has 3 heterocycles. The summed E-state index contributed by atoms with van der Waals surface area (Å²) in [6.45, 7) is 5.12. The fourth-order valence-electron chi connectivity index (χ4n) is 2.52. The molecule has 1 saturated heterocycles. The Bertz CT molecular complexity index is 704. The van der Waals surface area contributed by atoms with Crippen LogP contribution in [0.15, 0.2) is 22.9 Å². The van der Waals surface area contributed by atoms with Crippen LogP contribution in [0.25, 0.3) is 0 Å². The summed E-state index contributed by atoms with van der Waals surface area (Å²) in [6, 6.07) is 1.82. The molecule has 1 aliphatic heterocycles. The van der Waals surface area contributed by atoms with Crippen LogP contribution < -0.4 is 4.74 Å². The average molecular weight is 382 g/mol. The van der Waals surface area contributed by atoms with Crippen molar-refractivity contribution in [3.63, 3.8) is 0 Å². The molecule has 0 bridgehead atoms. The van der Waals surface area contributed by atoms with E-state index in [4.69, 9.17) is 4.74 Å². The third-order valence-corrected chi connectivity index (χ3v) is 5.22. The molecule has 1 aliphatic rings. The summed E-state index contributed by atoms with van der Waals surface area (Å²) >= 11 is 4.88. The third kappa shape index (κ3) is 3.15. The number of rotatable bonds is 3. The molecule has 1 fully saturated rings. The van der Waals surface area contributed by atoms with Crippen LogP contribution in [0.2, 0.25) is 0 Å². The number of carbonyl (C=O) groups excluding carboxylic acids is 1. The van der Waals surface area contributed by atoms with Gasteiger partial charge >= 0.3 is 0 Å². The molecule has 1 amide bonds. The van der Waals surface area contributed by atoms with Crippen LogP contribution in [0.4, 0.5) is 0 Å². The van der Waals surface area contributed by atoms with Gasteiger partial charge in [0, 0.05) is 25.4 Å². The quantitative estimate of drug-likeness (QED) is 0.818. The van der Waals surface area contributed by atoms with Crippen LogP contribution in [0.5, 0.6) is 5.75 Å². The van der Waals surface area contributed by atoms with Crippen molar-refractivity contribution < 1.29 is 9.53 Å². The molecule has 0 spiro atoms. The van der Waals surface area contributed by atoms with Gasteiger partial charge in [-0.3, -0.25) is 9.78 Å². The van der Waals surface area contributed by atoms with E-state index in [2.05, 4.69) is 25.9 Å². The van der Waals surface area contributed by atoms with Crippen molar-refractivity contribution in [2.45, 2.75) is 26.4 Å². The topological polar surface area (TPSA) is 55.3 Å². The molecular formula is C15H16BrN3O2S. The molecule has 0 saturated carbocycles. The number of amides is 1. The van der Waals surface area contributed by atoms with E-state index in [1.54, 1.807) is 12.4 Å². The first-order valence-corrected chi connectivity index (χ1v) is 8.65.